The molecule has 2 amide bonds. The first-order valence-electron chi connectivity index (χ1n) is 8.97. The van der Waals surface area contributed by atoms with Gasteiger partial charge in [-0.25, -0.2) is 19.6 Å². The highest BCUT2D eigenvalue weighted by Gasteiger charge is 2.24. The van der Waals surface area contributed by atoms with Crippen molar-refractivity contribution in [3.05, 3.63) is 40.9 Å². The summed E-state index contributed by atoms with van der Waals surface area (Å²) in [6, 6.07) is 9.23. The van der Waals surface area contributed by atoms with Gasteiger partial charge in [-0.3, -0.25) is 0 Å². The van der Waals surface area contributed by atoms with Gasteiger partial charge in [-0.15, -0.1) is 11.3 Å². The van der Waals surface area contributed by atoms with Crippen LogP contribution in [-0.2, 0) is 4.74 Å². The normalized spacial score (nSPS) is 11.9. The minimum absolute atomic E-state index is 0.00788. The van der Waals surface area contributed by atoms with Crippen molar-refractivity contribution in [2.45, 2.75) is 33.2 Å². The maximum absolute atomic E-state index is 12.4. The highest BCUT2D eigenvalue weighted by Crippen LogP contribution is 2.37. The van der Waals surface area contributed by atoms with Crippen molar-refractivity contribution in [1.29, 1.82) is 0 Å². The topological polar surface area (TPSA) is 93.2 Å². The fourth-order valence-electron chi connectivity index (χ4n) is 2.72. The molecule has 0 saturated carbocycles. The second-order valence-corrected chi connectivity index (χ2v) is 7.38. The molecule has 1 aromatic carbocycles. The molecule has 0 radical (unpaired) electrons. The lowest BCUT2D eigenvalue weighted by Gasteiger charge is -2.13. The number of thiophene rings is 1. The molecule has 0 aliphatic heterocycles. The van der Waals surface area contributed by atoms with Crippen LogP contribution in [0.1, 0.15) is 35.6 Å². The maximum Gasteiger partial charge on any atom is 0.350 e. The molecule has 0 spiro atoms. The van der Waals surface area contributed by atoms with Crippen LogP contribution in [0.3, 0.4) is 0 Å². The van der Waals surface area contributed by atoms with E-state index in [1.54, 1.807) is 0 Å². The van der Waals surface area contributed by atoms with E-state index in [0.717, 1.165) is 12.0 Å². The standard InChI is InChI=1S/C20H22N4O3S/c1-5-11(2)21-20(26)23-15-14-12(3)22-17(13-9-7-6-8-10-13)24-18(14)28-16(15)19(25)27-4/h6-11H,5H2,1-4H3,(H2,21,23,26)/t11-/m0/s1. The van der Waals surface area contributed by atoms with E-state index < -0.39 is 5.97 Å². The Hall–Kier alpha value is -3.00. The molecule has 3 rings (SSSR count). The molecule has 1 atom stereocenters. The summed E-state index contributed by atoms with van der Waals surface area (Å²) in [5.41, 5.74) is 1.93. The molecule has 0 saturated heterocycles. The number of methoxy groups -OCH3 is 1. The largest absolute Gasteiger partial charge is 0.465 e. The third kappa shape index (κ3) is 3.96. The number of aryl methyl sites for hydroxylation is 1. The van der Waals surface area contributed by atoms with Gasteiger partial charge in [0.15, 0.2) is 5.82 Å². The number of anilines is 1. The summed E-state index contributed by atoms with van der Waals surface area (Å²) in [6.45, 7) is 5.73. The zero-order chi connectivity index (χ0) is 20.3. The SMILES string of the molecule is CC[C@H](C)NC(=O)Nc1c(C(=O)OC)sc2nc(-c3ccccc3)nc(C)c12. The van der Waals surface area contributed by atoms with Gasteiger partial charge < -0.3 is 15.4 Å². The summed E-state index contributed by atoms with van der Waals surface area (Å²) in [5, 5.41) is 6.27. The van der Waals surface area contributed by atoms with Gasteiger partial charge in [0.05, 0.1) is 23.9 Å². The Morgan fingerprint density at radius 3 is 2.57 bits per heavy atom. The van der Waals surface area contributed by atoms with E-state index in [1.165, 1.54) is 18.4 Å². The Kier molecular flexibility index (Phi) is 5.89. The van der Waals surface area contributed by atoms with Crippen LogP contribution in [0.15, 0.2) is 30.3 Å². The average Bonchev–Trinajstić information content (AvgIpc) is 3.06. The quantitative estimate of drug-likeness (QED) is 0.623. The van der Waals surface area contributed by atoms with Crippen molar-refractivity contribution >= 4 is 39.2 Å². The monoisotopic (exact) mass is 398 g/mol. The van der Waals surface area contributed by atoms with Gasteiger partial charge >= 0.3 is 12.0 Å². The lowest BCUT2D eigenvalue weighted by atomic mass is 10.2. The highest BCUT2D eigenvalue weighted by molar-refractivity contribution is 7.21. The first-order chi connectivity index (χ1) is 13.4. The molecule has 0 aliphatic rings. The number of aromatic nitrogens is 2. The van der Waals surface area contributed by atoms with Gasteiger partial charge in [-0.2, -0.15) is 0 Å². The Bertz CT molecular complexity index is 1020. The van der Waals surface area contributed by atoms with Crippen LogP contribution in [0.4, 0.5) is 10.5 Å². The minimum Gasteiger partial charge on any atom is -0.465 e. The number of nitrogens with zero attached hydrogens (tertiary/aromatic N) is 2. The molecule has 2 aromatic heterocycles. The predicted octanol–water partition coefficient (Wildman–Crippen LogP) is 4.37. The van der Waals surface area contributed by atoms with Crippen molar-refractivity contribution in [3.8, 4) is 11.4 Å². The van der Waals surface area contributed by atoms with Gasteiger partial charge in [-0.05, 0) is 20.3 Å². The van der Waals surface area contributed by atoms with E-state index >= 15 is 0 Å². The first-order valence-corrected chi connectivity index (χ1v) is 9.78. The second kappa shape index (κ2) is 8.35. The third-order valence-electron chi connectivity index (χ3n) is 4.36. The van der Waals surface area contributed by atoms with Gasteiger partial charge in [0.2, 0.25) is 0 Å². The number of hydrogen-bond acceptors (Lipinski definition) is 6. The highest BCUT2D eigenvalue weighted by atomic mass is 32.1. The van der Waals surface area contributed by atoms with Gasteiger partial charge in [0.1, 0.15) is 9.71 Å². The first kappa shape index (κ1) is 19.8. The molecule has 3 aromatic rings. The fraction of sp³-hybridized carbons (Fsp3) is 0.300. The third-order valence-corrected chi connectivity index (χ3v) is 5.43. The number of fused-ring (bicyclic) bond motifs is 1. The molecule has 0 fully saturated rings. The van der Waals surface area contributed by atoms with E-state index in [-0.39, 0.29) is 12.1 Å². The number of nitrogens with one attached hydrogen (secondary N) is 2. The van der Waals surface area contributed by atoms with Crippen LogP contribution in [0.25, 0.3) is 21.6 Å². The summed E-state index contributed by atoms with van der Waals surface area (Å²) < 4.78 is 4.90. The molecule has 7 nitrogen and oxygen atoms in total. The van der Waals surface area contributed by atoms with Crippen LogP contribution in [0.2, 0.25) is 0 Å². The summed E-state index contributed by atoms with van der Waals surface area (Å²) in [6.07, 6.45) is 0.796. The second-order valence-electron chi connectivity index (χ2n) is 6.38. The molecule has 2 N–H and O–H groups in total. The summed E-state index contributed by atoms with van der Waals surface area (Å²) in [5.74, 6) is 0.0429. The molecule has 0 bridgehead atoms. The average molecular weight is 398 g/mol. The number of carbonyl (C=O) groups is 2. The summed E-state index contributed by atoms with van der Waals surface area (Å²) in [7, 11) is 1.31. The van der Waals surface area contributed by atoms with Crippen LogP contribution in [0.5, 0.6) is 0 Å². The predicted molar refractivity (Wildman–Crippen MR) is 111 cm³/mol. The molecular weight excluding hydrogens is 376 g/mol. The Morgan fingerprint density at radius 2 is 1.93 bits per heavy atom. The van der Waals surface area contributed by atoms with Crippen LogP contribution in [0, 0.1) is 6.92 Å². The van der Waals surface area contributed by atoms with Crippen molar-refractivity contribution in [2.75, 3.05) is 12.4 Å². The zero-order valence-corrected chi connectivity index (χ0v) is 17.0. The zero-order valence-electron chi connectivity index (χ0n) is 16.2. The minimum atomic E-state index is -0.525. The maximum atomic E-state index is 12.4. The van der Waals surface area contributed by atoms with E-state index in [9.17, 15) is 9.59 Å². The molecular formula is C20H22N4O3S. The Morgan fingerprint density at radius 1 is 1.21 bits per heavy atom. The number of rotatable bonds is 5. The number of amides is 2. The number of benzene rings is 1. The molecule has 2 heterocycles. The van der Waals surface area contributed by atoms with Crippen molar-refractivity contribution in [3.63, 3.8) is 0 Å². The summed E-state index contributed by atoms with van der Waals surface area (Å²) in [4.78, 5) is 34.8. The lowest BCUT2D eigenvalue weighted by Crippen LogP contribution is -2.35. The number of esters is 1. The van der Waals surface area contributed by atoms with Crippen molar-refractivity contribution < 1.29 is 14.3 Å². The Balaban J connectivity index is 2.10. The van der Waals surface area contributed by atoms with Gasteiger partial charge in [-0.1, -0.05) is 37.3 Å². The van der Waals surface area contributed by atoms with E-state index in [0.29, 0.717) is 32.3 Å². The van der Waals surface area contributed by atoms with Crippen LogP contribution in [-0.4, -0.2) is 35.1 Å². The molecule has 0 aliphatic carbocycles. The molecule has 8 heteroatoms. The van der Waals surface area contributed by atoms with Gasteiger partial charge in [0, 0.05) is 11.6 Å². The van der Waals surface area contributed by atoms with E-state index in [4.69, 9.17) is 4.74 Å². The smallest absolute Gasteiger partial charge is 0.350 e. The number of ether oxygens (including phenoxy) is 1. The van der Waals surface area contributed by atoms with Crippen molar-refractivity contribution in [1.82, 2.24) is 15.3 Å². The molecule has 146 valence electrons. The molecule has 28 heavy (non-hydrogen) atoms. The fourth-order valence-corrected chi connectivity index (χ4v) is 3.82. The summed E-state index contributed by atoms with van der Waals surface area (Å²) >= 11 is 1.18. The lowest BCUT2D eigenvalue weighted by molar-refractivity contribution is 0.0607. The van der Waals surface area contributed by atoms with Gasteiger partial charge in [0.25, 0.3) is 0 Å². The molecule has 0 unspecified atom stereocenters. The number of urea groups is 1. The van der Waals surface area contributed by atoms with E-state index in [1.807, 2.05) is 51.1 Å². The van der Waals surface area contributed by atoms with Crippen LogP contribution < -0.4 is 10.6 Å². The Labute approximate surface area is 167 Å². The number of carbonyl (C=O) groups excluding carboxylic acids is 2. The van der Waals surface area contributed by atoms with Crippen LogP contribution >= 0.6 is 11.3 Å². The van der Waals surface area contributed by atoms with Crippen molar-refractivity contribution in [2.24, 2.45) is 0 Å². The number of hydrogen-bond donors (Lipinski definition) is 2. The van der Waals surface area contributed by atoms with E-state index in [2.05, 4.69) is 20.6 Å².